The minimum absolute atomic E-state index is 0.224. The summed E-state index contributed by atoms with van der Waals surface area (Å²) in [6.45, 7) is 0. The van der Waals surface area contributed by atoms with Crippen LogP contribution in [0.1, 0.15) is 0 Å². The number of aromatic nitrogens is 1. The topological polar surface area (TPSA) is 12.9 Å². The highest BCUT2D eigenvalue weighted by Gasteiger charge is 2.06. The standard InChI is InChI=1S/C15H10FNS/c16-13-8-6-12(7-9-13)15-17-14(10-18-15)11-4-2-1-3-5-11/h1-10H. The number of benzene rings is 2. The van der Waals surface area contributed by atoms with Gasteiger partial charge in [0.15, 0.2) is 0 Å². The van der Waals surface area contributed by atoms with Crippen LogP contribution in [-0.2, 0) is 0 Å². The second-order valence-corrected chi connectivity index (χ2v) is 4.77. The molecule has 0 fully saturated rings. The molecule has 0 unspecified atom stereocenters. The Hall–Kier alpha value is -2.00. The van der Waals surface area contributed by atoms with Crippen LogP contribution >= 0.6 is 11.3 Å². The van der Waals surface area contributed by atoms with Gasteiger partial charge in [-0.3, -0.25) is 0 Å². The Bertz CT molecular complexity index is 644. The van der Waals surface area contributed by atoms with Crippen molar-refractivity contribution in [3.05, 3.63) is 65.8 Å². The molecule has 0 spiro atoms. The van der Waals surface area contributed by atoms with Crippen LogP contribution in [0.15, 0.2) is 60.0 Å². The number of hydrogen-bond acceptors (Lipinski definition) is 2. The van der Waals surface area contributed by atoms with Gasteiger partial charge in [0.25, 0.3) is 0 Å². The molecule has 0 saturated heterocycles. The van der Waals surface area contributed by atoms with Crippen LogP contribution < -0.4 is 0 Å². The molecular formula is C15H10FNS. The van der Waals surface area contributed by atoms with Crippen molar-refractivity contribution in [2.24, 2.45) is 0 Å². The van der Waals surface area contributed by atoms with Gasteiger partial charge in [-0.15, -0.1) is 11.3 Å². The average molecular weight is 255 g/mol. The largest absolute Gasteiger partial charge is 0.236 e. The summed E-state index contributed by atoms with van der Waals surface area (Å²) in [4.78, 5) is 4.58. The van der Waals surface area contributed by atoms with Gasteiger partial charge in [-0.2, -0.15) is 0 Å². The maximum atomic E-state index is 12.9. The third-order valence-electron chi connectivity index (χ3n) is 2.66. The monoisotopic (exact) mass is 255 g/mol. The molecule has 0 bridgehead atoms. The van der Waals surface area contributed by atoms with Crippen LogP contribution in [0.25, 0.3) is 21.8 Å². The molecule has 2 aromatic carbocycles. The van der Waals surface area contributed by atoms with E-state index in [-0.39, 0.29) is 5.82 Å². The molecule has 3 heteroatoms. The van der Waals surface area contributed by atoms with E-state index in [1.165, 1.54) is 12.1 Å². The molecule has 3 aromatic rings. The summed E-state index contributed by atoms with van der Waals surface area (Å²) in [5, 5.41) is 2.93. The van der Waals surface area contributed by atoms with Crippen LogP contribution in [0.2, 0.25) is 0 Å². The summed E-state index contributed by atoms with van der Waals surface area (Å²) < 4.78 is 12.9. The lowest BCUT2D eigenvalue weighted by atomic mass is 10.2. The summed E-state index contributed by atoms with van der Waals surface area (Å²) in [6, 6.07) is 16.5. The third-order valence-corrected chi connectivity index (χ3v) is 3.56. The summed E-state index contributed by atoms with van der Waals surface area (Å²) in [5.41, 5.74) is 3.01. The van der Waals surface area contributed by atoms with Crippen molar-refractivity contribution < 1.29 is 4.39 Å². The zero-order chi connectivity index (χ0) is 12.4. The van der Waals surface area contributed by atoms with Gasteiger partial charge in [-0.1, -0.05) is 30.3 Å². The van der Waals surface area contributed by atoms with Crippen LogP contribution in [0, 0.1) is 5.82 Å². The lowest BCUT2D eigenvalue weighted by molar-refractivity contribution is 0.628. The van der Waals surface area contributed by atoms with Crippen LogP contribution in [-0.4, -0.2) is 4.98 Å². The molecule has 0 atom stereocenters. The highest BCUT2D eigenvalue weighted by Crippen LogP contribution is 2.28. The summed E-state index contributed by atoms with van der Waals surface area (Å²) in [6.07, 6.45) is 0. The van der Waals surface area contributed by atoms with Gasteiger partial charge in [-0.05, 0) is 24.3 Å². The highest BCUT2D eigenvalue weighted by atomic mass is 32.1. The number of rotatable bonds is 2. The van der Waals surface area contributed by atoms with E-state index in [4.69, 9.17) is 0 Å². The van der Waals surface area contributed by atoms with Gasteiger partial charge in [0.05, 0.1) is 5.69 Å². The summed E-state index contributed by atoms with van der Waals surface area (Å²) in [7, 11) is 0. The van der Waals surface area contributed by atoms with Crippen molar-refractivity contribution in [2.75, 3.05) is 0 Å². The minimum Gasteiger partial charge on any atom is -0.236 e. The molecule has 0 N–H and O–H groups in total. The van der Waals surface area contributed by atoms with E-state index in [9.17, 15) is 4.39 Å². The number of thiazole rings is 1. The molecule has 88 valence electrons. The van der Waals surface area contributed by atoms with Gasteiger partial charge in [0.1, 0.15) is 10.8 Å². The Morgan fingerprint density at radius 2 is 1.56 bits per heavy atom. The SMILES string of the molecule is Fc1ccc(-c2nc(-c3ccccc3)cs2)cc1. The minimum atomic E-state index is -0.224. The first-order chi connectivity index (χ1) is 8.83. The molecule has 0 saturated carbocycles. The predicted octanol–water partition coefficient (Wildman–Crippen LogP) is 4.62. The Morgan fingerprint density at radius 1 is 0.833 bits per heavy atom. The summed E-state index contributed by atoms with van der Waals surface area (Å²) >= 11 is 1.57. The number of nitrogens with zero attached hydrogens (tertiary/aromatic N) is 1. The Labute approximate surface area is 109 Å². The molecule has 0 aliphatic heterocycles. The molecule has 0 radical (unpaired) electrons. The van der Waals surface area contributed by atoms with E-state index in [0.717, 1.165) is 21.8 Å². The lowest BCUT2D eigenvalue weighted by Crippen LogP contribution is -1.79. The van der Waals surface area contributed by atoms with Crippen LogP contribution in [0.3, 0.4) is 0 Å². The fraction of sp³-hybridized carbons (Fsp3) is 0. The van der Waals surface area contributed by atoms with Gasteiger partial charge in [0.2, 0.25) is 0 Å². The van der Waals surface area contributed by atoms with Crippen molar-refractivity contribution in [1.82, 2.24) is 4.98 Å². The lowest BCUT2D eigenvalue weighted by Gasteiger charge is -1.96. The van der Waals surface area contributed by atoms with Crippen molar-refractivity contribution in [1.29, 1.82) is 0 Å². The predicted molar refractivity (Wildman–Crippen MR) is 72.9 cm³/mol. The van der Waals surface area contributed by atoms with E-state index >= 15 is 0 Å². The zero-order valence-corrected chi connectivity index (χ0v) is 10.3. The molecule has 1 aromatic heterocycles. The average Bonchev–Trinajstić information content (AvgIpc) is 2.90. The third kappa shape index (κ3) is 2.17. The fourth-order valence-corrected chi connectivity index (χ4v) is 2.58. The molecule has 0 aliphatic rings. The Morgan fingerprint density at radius 3 is 2.28 bits per heavy atom. The van der Waals surface area contributed by atoms with Crippen molar-refractivity contribution in [3.63, 3.8) is 0 Å². The summed E-state index contributed by atoms with van der Waals surface area (Å²) in [5.74, 6) is -0.224. The van der Waals surface area contributed by atoms with Crippen LogP contribution in [0.5, 0.6) is 0 Å². The Balaban J connectivity index is 1.97. The first-order valence-corrected chi connectivity index (χ1v) is 6.48. The molecule has 0 amide bonds. The number of hydrogen-bond donors (Lipinski definition) is 0. The Kier molecular flexibility index (Phi) is 2.90. The van der Waals surface area contributed by atoms with Crippen LogP contribution in [0.4, 0.5) is 4.39 Å². The first kappa shape index (κ1) is 11.1. The molecule has 0 aliphatic carbocycles. The van der Waals surface area contributed by atoms with Crippen molar-refractivity contribution >= 4 is 11.3 Å². The molecular weight excluding hydrogens is 245 g/mol. The van der Waals surface area contributed by atoms with E-state index < -0.39 is 0 Å². The first-order valence-electron chi connectivity index (χ1n) is 5.60. The molecule has 18 heavy (non-hydrogen) atoms. The van der Waals surface area contributed by atoms with Gasteiger partial charge < -0.3 is 0 Å². The van der Waals surface area contributed by atoms with Crippen molar-refractivity contribution in [2.45, 2.75) is 0 Å². The molecule has 1 nitrogen and oxygen atoms in total. The second kappa shape index (κ2) is 4.70. The fourth-order valence-electron chi connectivity index (χ4n) is 1.74. The maximum Gasteiger partial charge on any atom is 0.124 e. The zero-order valence-electron chi connectivity index (χ0n) is 9.51. The quantitative estimate of drug-likeness (QED) is 0.651. The van der Waals surface area contributed by atoms with Gasteiger partial charge in [0, 0.05) is 16.5 Å². The van der Waals surface area contributed by atoms with Crippen molar-refractivity contribution in [3.8, 4) is 21.8 Å². The van der Waals surface area contributed by atoms with Gasteiger partial charge in [-0.25, -0.2) is 9.37 Å². The number of halogens is 1. The molecule has 1 heterocycles. The molecule has 3 rings (SSSR count). The second-order valence-electron chi connectivity index (χ2n) is 3.91. The van der Waals surface area contributed by atoms with E-state index in [1.54, 1.807) is 23.5 Å². The smallest absolute Gasteiger partial charge is 0.124 e. The highest BCUT2D eigenvalue weighted by molar-refractivity contribution is 7.13. The maximum absolute atomic E-state index is 12.9. The normalized spacial score (nSPS) is 10.5. The van der Waals surface area contributed by atoms with E-state index in [1.807, 2.05) is 35.7 Å². The van der Waals surface area contributed by atoms with Gasteiger partial charge >= 0.3 is 0 Å². The van der Waals surface area contributed by atoms with E-state index in [0.29, 0.717) is 0 Å². The van der Waals surface area contributed by atoms with E-state index in [2.05, 4.69) is 4.98 Å².